The first-order valence-corrected chi connectivity index (χ1v) is 6.76. The highest BCUT2D eigenvalue weighted by molar-refractivity contribution is 7.09. The monoisotopic (exact) mass is 266 g/mol. The molecule has 1 aromatic heterocycles. The molecule has 2 nitrogen and oxygen atoms in total. The molecule has 1 unspecified atom stereocenters. The van der Waals surface area contributed by atoms with Gasteiger partial charge in [-0.15, -0.1) is 11.3 Å². The van der Waals surface area contributed by atoms with Crippen molar-refractivity contribution in [3.8, 4) is 0 Å². The third-order valence-corrected chi connectivity index (χ3v) is 3.77. The molecule has 0 saturated carbocycles. The largest absolute Gasteiger partial charge is 0.271 e. The van der Waals surface area contributed by atoms with Crippen molar-refractivity contribution in [2.24, 2.45) is 5.84 Å². The Morgan fingerprint density at radius 3 is 2.76 bits per heavy atom. The van der Waals surface area contributed by atoms with Crippen LogP contribution < -0.4 is 11.3 Å². The predicted molar refractivity (Wildman–Crippen MR) is 74.3 cm³/mol. The first-order chi connectivity index (χ1) is 8.28. The van der Waals surface area contributed by atoms with E-state index < -0.39 is 0 Å². The van der Waals surface area contributed by atoms with Gasteiger partial charge in [0.25, 0.3) is 0 Å². The van der Waals surface area contributed by atoms with Gasteiger partial charge in [-0.2, -0.15) is 0 Å². The lowest BCUT2D eigenvalue weighted by atomic mass is 10.0. The van der Waals surface area contributed by atoms with Crippen molar-refractivity contribution < 1.29 is 0 Å². The van der Waals surface area contributed by atoms with Crippen LogP contribution in [0.5, 0.6) is 0 Å². The summed E-state index contributed by atoms with van der Waals surface area (Å²) in [5.41, 5.74) is 4.08. The smallest absolute Gasteiger partial charge is 0.0408 e. The molecular formula is C13H15ClN2S. The molecule has 3 N–H and O–H groups in total. The molecule has 0 aliphatic carbocycles. The summed E-state index contributed by atoms with van der Waals surface area (Å²) in [5, 5.41) is 2.86. The van der Waals surface area contributed by atoms with Gasteiger partial charge in [0.05, 0.1) is 0 Å². The lowest BCUT2D eigenvalue weighted by molar-refractivity contribution is 0.526. The van der Waals surface area contributed by atoms with Gasteiger partial charge >= 0.3 is 0 Å². The lowest BCUT2D eigenvalue weighted by Crippen LogP contribution is -2.38. The van der Waals surface area contributed by atoms with E-state index in [1.807, 2.05) is 18.2 Å². The number of benzene rings is 1. The second-order valence-electron chi connectivity index (χ2n) is 3.98. The molecule has 17 heavy (non-hydrogen) atoms. The molecule has 0 amide bonds. The van der Waals surface area contributed by atoms with Gasteiger partial charge in [0.2, 0.25) is 0 Å². The Hall–Kier alpha value is -0.870. The standard InChI is InChI=1S/C13H15ClN2S/c14-11-4-1-3-10(7-11)8-12(16-15)9-13-5-2-6-17-13/h1-7,12,16H,8-9,15H2. The van der Waals surface area contributed by atoms with Crippen LogP contribution in [0.3, 0.4) is 0 Å². The maximum absolute atomic E-state index is 5.96. The number of hydrazine groups is 1. The lowest BCUT2D eigenvalue weighted by Gasteiger charge is -2.15. The fraction of sp³-hybridized carbons (Fsp3) is 0.231. The summed E-state index contributed by atoms with van der Waals surface area (Å²) >= 11 is 7.72. The summed E-state index contributed by atoms with van der Waals surface area (Å²) in [6.45, 7) is 0. The topological polar surface area (TPSA) is 38.0 Å². The molecule has 0 aliphatic heterocycles. The van der Waals surface area contributed by atoms with Crippen molar-refractivity contribution in [3.63, 3.8) is 0 Å². The van der Waals surface area contributed by atoms with Crippen molar-refractivity contribution in [1.82, 2.24) is 5.43 Å². The maximum atomic E-state index is 5.96. The molecule has 0 saturated heterocycles. The average molecular weight is 267 g/mol. The molecule has 4 heteroatoms. The van der Waals surface area contributed by atoms with Crippen LogP contribution in [0.15, 0.2) is 41.8 Å². The highest BCUT2D eigenvalue weighted by Gasteiger charge is 2.09. The number of hydrogen-bond donors (Lipinski definition) is 2. The Bertz CT molecular complexity index is 456. The third kappa shape index (κ3) is 3.82. The summed E-state index contributed by atoms with van der Waals surface area (Å²) in [7, 11) is 0. The summed E-state index contributed by atoms with van der Waals surface area (Å²) < 4.78 is 0. The molecule has 0 aliphatic rings. The van der Waals surface area contributed by atoms with Crippen molar-refractivity contribution in [1.29, 1.82) is 0 Å². The quantitative estimate of drug-likeness (QED) is 0.645. The molecule has 0 spiro atoms. The molecule has 2 aromatic rings. The minimum absolute atomic E-state index is 0.243. The van der Waals surface area contributed by atoms with E-state index in [1.165, 1.54) is 10.4 Å². The SMILES string of the molecule is NNC(Cc1cccc(Cl)c1)Cc1cccs1. The van der Waals surface area contributed by atoms with Crippen LogP contribution in [0.2, 0.25) is 5.02 Å². The summed E-state index contributed by atoms with van der Waals surface area (Å²) in [5.74, 6) is 5.60. The van der Waals surface area contributed by atoms with Gasteiger partial charge in [0.15, 0.2) is 0 Å². The number of hydrogen-bond acceptors (Lipinski definition) is 3. The zero-order chi connectivity index (χ0) is 12.1. The van der Waals surface area contributed by atoms with Gasteiger partial charge in [-0.3, -0.25) is 11.3 Å². The van der Waals surface area contributed by atoms with Crippen molar-refractivity contribution in [3.05, 3.63) is 57.2 Å². The zero-order valence-corrected chi connectivity index (χ0v) is 11.0. The molecule has 1 atom stereocenters. The van der Waals surface area contributed by atoms with Crippen molar-refractivity contribution in [2.75, 3.05) is 0 Å². The van der Waals surface area contributed by atoms with Gasteiger partial charge in [0.1, 0.15) is 0 Å². The van der Waals surface area contributed by atoms with Gasteiger partial charge in [-0.1, -0.05) is 29.8 Å². The molecule has 0 fully saturated rings. The van der Waals surface area contributed by atoms with Crippen molar-refractivity contribution in [2.45, 2.75) is 18.9 Å². The third-order valence-electron chi connectivity index (χ3n) is 2.63. The Morgan fingerprint density at radius 1 is 1.24 bits per heavy atom. The van der Waals surface area contributed by atoms with Crippen molar-refractivity contribution >= 4 is 22.9 Å². The Morgan fingerprint density at radius 2 is 2.12 bits per heavy atom. The number of thiophene rings is 1. The van der Waals surface area contributed by atoms with E-state index >= 15 is 0 Å². The van der Waals surface area contributed by atoms with Crippen LogP contribution in [0.25, 0.3) is 0 Å². The summed E-state index contributed by atoms with van der Waals surface area (Å²) in [4.78, 5) is 1.34. The molecular weight excluding hydrogens is 252 g/mol. The number of rotatable bonds is 5. The number of halogens is 1. The minimum atomic E-state index is 0.243. The minimum Gasteiger partial charge on any atom is -0.271 e. The molecule has 90 valence electrons. The van der Waals surface area contributed by atoms with E-state index in [-0.39, 0.29) is 6.04 Å². The maximum Gasteiger partial charge on any atom is 0.0408 e. The highest BCUT2D eigenvalue weighted by atomic mass is 35.5. The molecule has 2 rings (SSSR count). The van der Waals surface area contributed by atoms with E-state index in [0.29, 0.717) is 0 Å². The van der Waals surface area contributed by atoms with Crippen LogP contribution in [0.4, 0.5) is 0 Å². The number of nitrogens with two attached hydrogens (primary N) is 1. The van der Waals surface area contributed by atoms with Crippen LogP contribution in [0, 0.1) is 0 Å². The Balaban J connectivity index is 2.00. The summed E-state index contributed by atoms with van der Waals surface area (Å²) in [6, 6.07) is 12.4. The van der Waals surface area contributed by atoms with Gasteiger partial charge < -0.3 is 0 Å². The first-order valence-electron chi connectivity index (χ1n) is 5.51. The van der Waals surface area contributed by atoms with Crippen LogP contribution >= 0.6 is 22.9 Å². The Labute approximate surface area is 110 Å². The normalized spacial score (nSPS) is 12.6. The highest BCUT2D eigenvalue weighted by Crippen LogP contribution is 2.16. The van der Waals surface area contributed by atoms with E-state index in [2.05, 4.69) is 29.0 Å². The van der Waals surface area contributed by atoms with Crippen LogP contribution in [-0.2, 0) is 12.8 Å². The van der Waals surface area contributed by atoms with E-state index in [1.54, 1.807) is 11.3 Å². The van der Waals surface area contributed by atoms with Gasteiger partial charge in [0, 0.05) is 15.9 Å². The average Bonchev–Trinajstić information content (AvgIpc) is 2.81. The second kappa shape index (κ2) is 6.17. The second-order valence-corrected chi connectivity index (χ2v) is 5.45. The molecule has 0 radical (unpaired) electrons. The fourth-order valence-electron chi connectivity index (χ4n) is 1.81. The molecule has 0 bridgehead atoms. The first kappa shape index (κ1) is 12.6. The Kier molecular flexibility index (Phi) is 4.57. The molecule has 1 heterocycles. The van der Waals surface area contributed by atoms with E-state index in [0.717, 1.165) is 17.9 Å². The fourth-order valence-corrected chi connectivity index (χ4v) is 2.81. The van der Waals surface area contributed by atoms with E-state index in [4.69, 9.17) is 17.4 Å². The number of nitrogens with one attached hydrogen (secondary N) is 1. The van der Waals surface area contributed by atoms with Crippen LogP contribution in [-0.4, -0.2) is 6.04 Å². The summed E-state index contributed by atoms with van der Waals surface area (Å²) in [6.07, 6.45) is 1.83. The zero-order valence-electron chi connectivity index (χ0n) is 9.40. The van der Waals surface area contributed by atoms with Crippen LogP contribution in [0.1, 0.15) is 10.4 Å². The van der Waals surface area contributed by atoms with Gasteiger partial charge in [-0.25, -0.2) is 0 Å². The van der Waals surface area contributed by atoms with Gasteiger partial charge in [-0.05, 0) is 42.0 Å². The van der Waals surface area contributed by atoms with E-state index in [9.17, 15) is 0 Å². The molecule has 1 aromatic carbocycles. The predicted octanol–water partition coefficient (Wildman–Crippen LogP) is 3.02.